The molecule has 0 aliphatic rings. The molecule has 3 nitrogen and oxygen atoms in total. The minimum atomic E-state index is -0.556. The van der Waals surface area contributed by atoms with Crippen LogP contribution < -0.4 is 5.73 Å². The fourth-order valence-corrected chi connectivity index (χ4v) is 1.84. The van der Waals surface area contributed by atoms with E-state index >= 15 is 0 Å². The number of benzene rings is 1. The molecule has 2 atom stereocenters. The summed E-state index contributed by atoms with van der Waals surface area (Å²) in [5.74, 6) is 0.489. The van der Waals surface area contributed by atoms with E-state index in [0.29, 0.717) is 5.92 Å². The van der Waals surface area contributed by atoms with Crippen LogP contribution in [0, 0.1) is 12.8 Å². The number of hydrogen-bond donors (Lipinski definition) is 1. The number of carbonyl (C=O) groups is 1. The largest absolute Gasteiger partial charge is 0.344 e. The molecule has 0 saturated heterocycles. The molecule has 0 saturated carbocycles. The zero-order chi connectivity index (χ0) is 13.7. The normalized spacial score (nSPS) is 13.3. The van der Waals surface area contributed by atoms with E-state index in [1.807, 2.05) is 38.2 Å². The maximum Gasteiger partial charge on any atom is 0.243 e. The number of halogens is 1. The average molecular weight is 285 g/mol. The monoisotopic (exact) mass is 284 g/mol. The van der Waals surface area contributed by atoms with Gasteiger partial charge in [-0.2, -0.15) is 0 Å². The van der Waals surface area contributed by atoms with Crippen LogP contribution in [0.4, 0.5) is 0 Å². The Hall–Kier alpha value is -1.06. The van der Waals surface area contributed by atoms with Crippen molar-refractivity contribution < 1.29 is 4.79 Å². The Morgan fingerprint density at radius 2 is 1.84 bits per heavy atom. The molecule has 1 aromatic carbocycles. The predicted octanol–water partition coefficient (Wildman–Crippen LogP) is 2.92. The van der Waals surface area contributed by atoms with Gasteiger partial charge < -0.3 is 10.6 Å². The molecule has 0 radical (unpaired) electrons. The molecule has 0 spiro atoms. The Morgan fingerprint density at radius 1 is 1.32 bits per heavy atom. The van der Waals surface area contributed by atoms with E-state index in [0.717, 1.165) is 18.5 Å². The summed E-state index contributed by atoms with van der Waals surface area (Å²) in [6.45, 7) is 7.05. The van der Waals surface area contributed by atoms with Gasteiger partial charge in [0.05, 0.1) is 0 Å². The van der Waals surface area contributed by atoms with Crippen LogP contribution in [-0.2, 0) is 4.79 Å². The van der Waals surface area contributed by atoms with E-state index in [9.17, 15) is 4.79 Å². The van der Waals surface area contributed by atoms with E-state index in [2.05, 4.69) is 13.8 Å². The molecule has 1 rings (SSSR count). The lowest BCUT2D eigenvalue weighted by Gasteiger charge is -2.24. The number of rotatable bonds is 5. The smallest absolute Gasteiger partial charge is 0.243 e. The van der Waals surface area contributed by atoms with Crippen molar-refractivity contribution in [2.45, 2.75) is 33.2 Å². The highest BCUT2D eigenvalue weighted by molar-refractivity contribution is 5.85. The van der Waals surface area contributed by atoms with Crippen molar-refractivity contribution in [1.82, 2.24) is 4.90 Å². The summed E-state index contributed by atoms with van der Waals surface area (Å²) in [5.41, 5.74) is 8.06. The third-order valence-electron chi connectivity index (χ3n) is 3.36. The Kier molecular flexibility index (Phi) is 7.72. The highest BCUT2D eigenvalue weighted by atomic mass is 35.5. The van der Waals surface area contributed by atoms with Gasteiger partial charge in [-0.25, -0.2) is 0 Å². The zero-order valence-electron chi connectivity index (χ0n) is 12.2. The lowest BCUT2D eigenvalue weighted by molar-refractivity contribution is -0.131. The minimum Gasteiger partial charge on any atom is -0.344 e. The quantitative estimate of drug-likeness (QED) is 0.904. The van der Waals surface area contributed by atoms with Crippen LogP contribution in [0.15, 0.2) is 24.3 Å². The van der Waals surface area contributed by atoms with Crippen molar-refractivity contribution in [3.63, 3.8) is 0 Å². The van der Waals surface area contributed by atoms with Crippen LogP contribution in [0.5, 0.6) is 0 Å². The van der Waals surface area contributed by atoms with Gasteiger partial charge in [0.15, 0.2) is 0 Å². The fraction of sp³-hybridized carbons (Fsp3) is 0.533. The maximum atomic E-state index is 12.2. The molecular weight excluding hydrogens is 260 g/mol. The number of amides is 1. The zero-order valence-corrected chi connectivity index (χ0v) is 13.0. The number of aryl methyl sites for hydroxylation is 1. The maximum absolute atomic E-state index is 12.2. The second-order valence-electron chi connectivity index (χ2n) is 5.12. The van der Waals surface area contributed by atoms with Crippen molar-refractivity contribution in [3.05, 3.63) is 35.4 Å². The van der Waals surface area contributed by atoms with E-state index in [1.54, 1.807) is 4.90 Å². The van der Waals surface area contributed by atoms with Crippen LogP contribution >= 0.6 is 12.4 Å². The molecule has 0 heterocycles. The first-order valence-electron chi connectivity index (χ1n) is 6.52. The molecule has 0 aliphatic heterocycles. The summed E-state index contributed by atoms with van der Waals surface area (Å²) in [6.07, 6.45) is 1.07. The topological polar surface area (TPSA) is 46.3 Å². The minimum absolute atomic E-state index is 0. The van der Waals surface area contributed by atoms with Crippen LogP contribution in [0.1, 0.15) is 37.4 Å². The van der Waals surface area contributed by atoms with Crippen molar-refractivity contribution in [3.8, 4) is 0 Å². The highest BCUT2D eigenvalue weighted by Gasteiger charge is 2.20. The Balaban J connectivity index is 0.00000324. The van der Waals surface area contributed by atoms with E-state index in [4.69, 9.17) is 5.73 Å². The standard InChI is InChI=1S/C15H24N2O.ClH/c1-5-11(2)10-17(4)15(18)14(16)13-8-6-12(3)7-9-13;/h6-9,11,14H,5,10,16H2,1-4H3;1H. The lowest BCUT2D eigenvalue weighted by Crippen LogP contribution is -2.38. The van der Waals surface area contributed by atoms with Crippen LogP contribution in [0.25, 0.3) is 0 Å². The average Bonchev–Trinajstić information content (AvgIpc) is 2.37. The van der Waals surface area contributed by atoms with Gasteiger partial charge in [-0.3, -0.25) is 4.79 Å². The summed E-state index contributed by atoms with van der Waals surface area (Å²) in [7, 11) is 1.82. The van der Waals surface area contributed by atoms with E-state index in [1.165, 1.54) is 5.56 Å². The van der Waals surface area contributed by atoms with Crippen LogP contribution in [0.2, 0.25) is 0 Å². The van der Waals surface area contributed by atoms with Crippen LogP contribution in [0.3, 0.4) is 0 Å². The summed E-state index contributed by atoms with van der Waals surface area (Å²) < 4.78 is 0. The molecule has 1 amide bonds. The molecule has 2 unspecified atom stereocenters. The van der Waals surface area contributed by atoms with Gasteiger partial charge in [0.1, 0.15) is 6.04 Å². The SMILES string of the molecule is CCC(C)CN(C)C(=O)C(N)c1ccc(C)cc1.Cl. The molecule has 0 aliphatic carbocycles. The molecule has 2 N–H and O–H groups in total. The first-order chi connectivity index (χ1) is 8.45. The number of nitrogens with two attached hydrogens (primary N) is 1. The molecule has 19 heavy (non-hydrogen) atoms. The molecule has 0 aromatic heterocycles. The van der Waals surface area contributed by atoms with Gasteiger partial charge in [0.25, 0.3) is 0 Å². The van der Waals surface area contributed by atoms with Crippen molar-refractivity contribution in [1.29, 1.82) is 0 Å². The Bertz CT molecular complexity index is 392. The number of hydrogen-bond acceptors (Lipinski definition) is 2. The van der Waals surface area contributed by atoms with Gasteiger partial charge in [-0.15, -0.1) is 12.4 Å². The molecule has 0 bridgehead atoms. The summed E-state index contributed by atoms with van der Waals surface area (Å²) in [6, 6.07) is 7.26. The van der Waals surface area contributed by atoms with E-state index in [-0.39, 0.29) is 18.3 Å². The number of nitrogens with zero attached hydrogens (tertiary/aromatic N) is 1. The number of carbonyl (C=O) groups excluding carboxylic acids is 1. The Morgan fingerprint density at radius 3 is 2.32 bits per heavy atom. The second-order valence-corrected chi connectivity index (χ2v) is 5.12. The molecule has 0 fully saturated rings. The van der Waals surface area contributed by atoms with Crippen molar-refractivity contribution in [2.24, 2.45) is 11.7 Å². The summed E-state index contributed by atoms with van der Waals surface area (Å²) in [4.78, 5) is 13.9. The van der Waals surface area contributed by atoms with Crippen LogP contribution in [-0.4, -0.2) is 24.4 Å². The summed E-state index contributed by atoms with van der Waals surface area (Å²) >= 11 is 0. The van der Waals surface area contributed by atoms with Crippen molar-refractivity contribution >= 4 is 18.3 Å². The van der Waals surface area contributed by atoms with Gasteiger partial charge in [0.2, 0.25) is 5.91 Å². The van der Waals surface area contributed by atoms with Gasteiger partial charge in [-0.1, -0.05) is 50.1 Å². The lowest BCUT2D eigenvalue weighted by atomic mass is 10.0. The molecular formula is C15H25ClN2O. The number of likely N-dealkylation sites (N-methyl/N-ethyl adjacent to an activating group) is 1. The summed E-state index contributed by atoms with van der Waals surface area (Å²) in [5, 5.41) is 0. The first kappa shape index (κ1) is 17.9. The highest BCUT2D eigenvalue weighted by Crippen LogP contribution is 2.14. The first-order valence-corrected chi connectivity index (χ1v) is 6.52. The second kappa shape index (κ2) is 8.18. The van der Waals surface area contributed by atoms with E-state index < -0.39 is 6.04 Å². The third kappa shape index (κ3) is 5.21. The molecule has 1 aromatic rings. The predicted molar refractivity (Wildman–Crippen MR) is 82.4 cm³/mol. The Labute approximate surface area is 122 Å². The van der Waals surface area contributed by atoms with Gasteiger partial charge in [-0.05, 0) is 18.4 Å². The van der Waals surface area contributed by atoms with Crippen molar-refractivity contribution in [2.75, 3.05) is 13.6 Å². The van der Waals surface area contributed by atoms with Gasteiger partial charge >= 0.3 is 0 Å². The molecule has 108 valence electrons. The van der Waals surface area contributed by atoms with Gasteiger partial charge in [0, 0.05) is 13.6 Å². The fourth-order valence-electron chi connectivity index (χ4n) is 1.84. The molecule has 4 heteroatoms. The third-order valence-corrected chi connectivity index (χ3v) is 3.36.